The fraction of sp³-hybridized carbons (Fsp3) is 0.533. The lowest BCUT2D eigenvalue weighted by Crippen LogP contribution is -2.53. The Hall–Kier alpha value is -1.46. The first-order chi connectivity index (χ1) is 9.69. The van der Waals surface area contributed by atoms with Crippen LogP contribution in [0.1, 0.15) is 5.56 Å². The van der Waals surface area contributed by atoms with E-state index in [0.717, 1.165) is 18.7 Å². The van der Waals surface area contributed by atoms with Crippen molar-refractivity contribution in [1.29, 1.82) is 0 Å². The monoisotopic (exact) mass is 280 g/mol. The number of likely N-dealkylation sites (N-methyl/N-ethyl adjacent to an activating group) is 1. The van der Waals surface area contributed by atoms with Gasteiger partial charge in [-0.3, -0.25) is 14.6 Å². The summed E-state index contributed by atoms with van der Waals surface area (Å²) in [5, 5.41) is 0. The number of carbonyl (C=O) groups is 1. The van der Waals surface area contributed by atoms with Gasteiger partial charge in [0.25, 0.3) is 0 Å². The first-order valence-electron chi connectivity index (χ1n) is 6.87. The number of benzene rings is 1. The molecule has 0 amide bonds. The second-order valence-corrected chi connectivity index (χ2v) is 5.17. The Morgan fingerprint density at radius 3 is 2.80 bits per heavy atom. The van der Waals surface area contributed by atoms with Crippen molar-refractivity contribution < 1.29 is 13.9 Å². The van der Waals surface area contributed by atoms with E-state index in [2.05, 4.69) is 0 Å². The number of piperazine rings is 1. The molecule has 5 heteroatoms. The second kappa shape index (κ2) is 7.36. The molecule has 1 aliphatic rings. The molecule has 1 aromatic carbocycles. The number of rotatable bonds is 5. The van der Waals surface area contributed by atoms with Crippen LogP contribution in [-0.2, 0) is 16.1 Å². The summed E-state index contributed by atoms with van der Waals surface area (Å²) in [4.78, 5) is 15.7. The zero-order valence-corrected chi connectivity index (χ0v) is 11.8. The van der Waals surface area contributed by atoms with Gasteiger partial charge in [0, 0.05) is 19.6 Å². The second-order valence-electron chi connectivity index (χ2n) is 5.17. The van der Waals surface area contributed by atoms with Crippen molar-refractivity contribution in [2.24, 2.45) is 0 Å². The lowest BCUT2D eigenvalue weighted by Gasteiger charge is -2.37. The van der Waals surface area contributed by atoms with Crippen molar-refractivity contribution in [1.82, 2.24) is 9.80 Å². The quantitative estimate of drug-likeness (QED) is 0.762. The van der Waals surface area contributed by atoms with Crippen LogP contribution in [0.5, 0.6) is 0 Å². The highest BCUT2D eigenvalue weighted by Crippen LogP contribution is 2.08. The molecule has 0 aliphatic carbocycles. The van der Waals surface area contributed by atoms with Crippen molar-refractivity contribution in [2.75, 3.05) is 39.9 Å². The molecule has 0 N–H and O–H groups in total. The summed E-state index contributed by atoms with van der Waals surface area (Å²) in [7, 11) is 1.91. The molecule has 0 spiro atoms. The number of carbonyl (C=O) groups excluding carboxylic acids is 1. The third-order valence-corrected chi connectivity index (χ3v) is 3.63. The van der Waals surface area contributed by atoms with E-state index >= 15 is 0 Å². The fourth-order valence-corrected chi connectivity index (χ4v) is 2.29. The van der Waals surface area contributed by atoms with Crippen LogP contribution in [0.15, 0.2) is 30.3 Å². The van der Waals surface area contributed by atoms with E-state index in [1.807, 2.05) is 47.2 Å². The average Bonchev–Trinajstić information content (AvgIpc) is 2.48. The lowest BCUT2D eigenvalue weighted by atomic mass is 10.2. The zero-order valence-electron chi connectivity index (χ0n) is 11.8. The number of halogens is 1. The Balaban J connectivity index is 1.74. The molecule has 4 nitrogen and oxygen atoms in total. The number of esters is 1. The summed E-state index contributed by atoms with van der Waals surface area (Å²) >= 11 is 0. The summed E-state index contributed by atoms with van der Waals surface area (Å²) < 4.78 is 18.1. The number of hydrogen-bond acceptors (Lipinski definition) is 4. The molecule has 2 rings (SSSR count). The Kier molecular flexibility index (Phi) is 5.49. The van der Waals surface area contributed by atoms with Crippen molar-refractivity contribution in [3.8, 4) is 0 Å². The summed E-state index contributed by atoms with van der Waals surface area (Å²) in [6, 6.07) is 9.47. The van der Waals surface area contributed by atoms with Gasteiger partial charge in [0.2, 0.25) is 0 Å². The first kappa shape index (κ1) is 14.9. The van der Waals surface area contributed by atoms with Crippen LogP contribution in [0, 0.1) is 0 Å². The van der Waals surface area contributed by atoms with Gasteiger partial charge in [-0.1, -0.05) is 30.3 Å². The van der Waals surface area contributed by atoms with Crippen molar-refractivity contribution in [2.45, 2.75) is 12.6 Å². The Labute approximate surface area is 119 Å². The summed E-state index contributed by atoms with van der Waals surface area (Å²) in [6.07, 6.45) is 0. The maximum absolute atomic E-state index is 12.8. The molecule has 0 saturated carbocycles. The highest BCUT2D eigenvalue weighted by Gasteiger charge is 2.25. The molecular weight excluding hydrogens is 259 g/mol. The molecule has 1 aliphatic heterocycles. The molecule has 1 atom stereocenters. The van der Waals surface area contributed by atoms with E-state index in [-0.39, 0.29) is 25.2 Å². The Morgan fingerprint density at radius 1 is 1.35 bits per heavy atom. The molecule has 1 fully saturated rings. The zero-order chi connectivity index (χ0) is 14.4. The molecule has 1 aromatic rings. The molecule has 1 saturated heterocycles. The van der Waals surface area contributed by atoms with E-state index in [4.69, 9.17) is 4.74 Å². The predicted octanol–water partition coefficient (Wildman–Crippen LogP) is 1.32. The summed E-state index contributed by atoms with van der Waals surface area (Å²) in [5.41, 5.74) is 0.973. The molecule has 20 heavy (non-hydrogen) atoms. The van der Waals surface area contributed by atoms with Crippen LogP contribution in [-0.4, -0.2) is 61.7 Å². The molecule has 0 bridgehead atoms. The van der Waals surface area contributed by atoms with Crippen molar-refractivity contribution in [3.05, 3.63) is 35.9 Å². The Morgan fingerprint density at radius 2 is 2.10 bits per heavy atom. The normalized spacial score (nSPS) is 20.8. The number of hydrogen-bond donors (Lipinski definition) is 0. The van der Waals surface area contributed by atoms with Gasteiger partial charge in [-0.2, -0.15) is 0 Å². The maximum Gasteiger partial charge on any atom is 0.320 e. The van der Waals surface area contributed by atoms with Crippen molar-refractivity contribution >= 4 is 5.97 Å². The molecule has 110 valence electrons. The number of nitrogens with zero attached hydrogens (tertiary/aromatic N) is 2. The van der Waals surface area contributed by atoms with Crippen LogP contribution < -0.4 is 0 Å². The van der Waals surface area contributed by atoms with Crippen molar-refractivity contribution in [3.63, 3.8) is 0 Å². The minimum Gasteiger partial charge on any atom is -0.460 e. The topological polar surface area (TPSA) is 32.8 Å². The van der Waals surface area contributed by atoms with Gasteiger partial charge in [-0.25, -0.2) is 4.39 Å². The summed E-state index contributed by atoms with van der Waals surface area (Å²) in [6.45, 7) is 2.27. The highest BCUT2D eigenvalue weighted by atomic mass is 19.1. The van der Waals surface area contributed by atoms with Gasteiger partial charge in [0.1, 0.15) is 13.3 Å². The van der Waals surface area contributed by atoms with E-state index in [1.165, 1.54) is 0 Å². The van der Waals surface area contributed by atoms with E-state index < -0.39 is 0 Å². The molecular formula is C15H21FN2O2. The van der Waals surface area contributed by atoms with Crippen LogP contribution in [0.3, 0.4) is 0 Å². The van der Waals surface area contributed by atoms with Gasteiger partial charge in [-0.05, 0) is 12.6 Å². The SMILES string of the molecule is CN1CCN(CC(=O)OCc2ccccc2)CC1CF. The predicted molar refractivity (Wildman–Crippen MR) is 75.1 cm³/mol. The molecule has 1 heterocycles. The molecule has 0 aromatic heterocycles. The van der Waals surface area contributed by atoms with Gasteiger partial charge in [0.15, 0.2) is 0 Å². The van der Waals surface area contributed by atoms with Crippen LogP contribution in [0.25, 0.3) is 0 Å². The van der Waals surface area contributed by atoms with Gasteiger partial charge in [-0.15, -0.1) is 0 Å². The van der Waals surface area contributed by atoms with Gasteiger partial charge < -0.3 is 4.74 Å². The smallest absolute Gasteiger partial charge is 0.320 e. The third kappa shape index (κ3) is 4.28. The van der Waals surface area contributed by atoms with E-state index in [9.17, 15) is 9.18 Å². The molecule has 1 unspecified atom stereocenters. The van der Waals surface area contributed by atoms with Crippen LogP contribution in [0.4, 0.5) is 4.39 Å². The van der Waals surface area contributed by atoms with E-state index in [1.54, 1.807) is 0 Å². The average molecular weight is 280 g/mol. The largest absolute Gasteiger partial charge is 0.460 e. The Bertz CT molecular complexity index is 427. The maximum atomic E-state index is 12.8. The lowest BCUT2D eigenvalue weighted by molar-refractivity contribution is -0.147. The highest BCUT2D eigenvalue weighted by molar-refractivity contribution is 5.71. The fourth-order valence-electron chi connectivity index (χ4n) is 2.29. The van der Waals surface area contributed by atoms with Gasteiger partial charge >= 0.3 is 5.97 Å². The number of alkyl halides is 1. The number of ether oxygens (including phenoxy) is 1. The first-order valence-corrected chi connectivity index (χ1v) is 6.87. The van der Waals surface area contributed by atoms with E-state index in [0.29, 0.717) is 13.2 Å². The van der Waals surface area contributed by atoms with Crippen LogP contribution in [0.2, 0.25) is 0 Å². The third-order valence-electron chi connectivity index (χ3n) is 3.63. The van der Waals surface area contributed by atoms with Crippen LogP contribution >= 0.6 is 0 Å². The minimum atomic E-state index is -0.383. The van der Waals surface area contributed by atoms with Gasteiger partial charge in [0.05, 0.1) is 12.6 Å². The molecule has 0 radical (unpaired) electrons. The minimum absolute atomic E-state index is 0.120. The summed E-state index contributed by atoms with van der Waals surface area (Å²) in [5.74, 6) is -0.254. The standard InChI is InChI=1S/C15H21FN2O2/c1-17-7-8-18(10-14(17)9-16)11-15(19)20-12-13-5-3-2-4-6-13/h2-6,14H,7-12H2,1H3.